The van der Waals surface area contributed by atoms with E-state index in [0.29, 0.717) is 29.4 Å². The van der Waals surface area contributed by atoms with Gasteiger partial charge in [-0.3, -0.25) is 9.59 Å². The van der Waals surface area contributed by atoms with Gasteiger partial charge in [-0.15, -0.1) is 0 Å². The van der Waals surface area contributed by atoms with Gasteiger partial charge in [0.05, 0.1) is 10.7 Å². The lowest BCUT2D eigenvalue weighted by Crippen LogP contribution is -2.24. The molecule has 1 saturated heterocycles. The van der Waals surface area contributed by atoms with E-state index in [1.165, 1.54) is 0 Å². The first-order valence-corrected chi connectivity index (χ1v) is 8.50. The van der Waals surface area contributed by atoms with Gasteiger partial charge in [0.2, 0.25) is 5.91 Å². The summed E-state index contributed by atoms with van der Waals surface area (Å²) in [5, 5.41) is 3.21. The van der Waals surface area contributed by atoms with Crippen LogP contribution in [0.2, 0.25) is 5.02 Å². The van der Waals surface area contributed by atoms with E-state index in [2.05, 4.69) is 5.32 Å². The first-order valence-electron chi connectivity index (χ1n) is 8.12. The summed E-state index contributed by atoms with van der Waals surface area (Å²) in [7, 11) is 0. The van der Waals surface area contributed by atoms with Crippen LogP contribution in [0.4, 0.5) is 11.4 Å². The van der Waals surface area contributed by atoms with Gasteiger partial charge in [-0.2, -0.15) is 0 Å². The van der Waals surface area contributed by atoms with Crippen LogP contribution in [0.3, 0.4) is 0 Å². The fourth-order valence-corrected chi connectivity index (χ4v) is 3.00. The fourth-order valence-electron chi connectivity index (χ4n) is 2.72. The van der Waals surface area contributed by atoms with Crippen molar-refractivity contribution < 1.29 is 14.3 Å². The Bertz CT molecular complexity index is 807. The van der Waals surface area contributed by atoms with Crippen molar-refractivity contribution in [2.45, 2.75) is 19.8 Å². The summed E-state index contributed by atoms with van der Waals surface area (Å²) in [5.74, 6) is 0.361. The van der Waals surface area contributed by atoms with Crippen LogP contribution >= 0.6 is 11.6 Å². The first-order chi connectivity index (χ1) is 12.0. The molecular weight excluding hydrogens is 340 g/mol. The van der Waals surface area contributed by atoms with E-state index >= 15 is 0 Å². The molecule has 6 heteroatoms. The highest BCUT2D eigenvalue weighted by molar-refractivity contribution is 6.33. The van der Waals surface area contributed by atoms with Gasteiger partial charge in [0.25, 0.3) is 5.91 Å². The maximum atomic E-state index is 12.1. The molecule has 1 heterocycles. The number of rotatable bonds is 5. The number of hydrogen-bond acceptors (Lipinski definition) is 3. The maximum Gasteiger partial charge on any atom is 0.262 e. The Kier molecular flexibility index (Phi) is 5.24. The quantitative estimate of drug-likeness (QED) is 0.884. The van der Waals surface area contributed by atoms with Crippen LogP contribution < -0.4 is 15.0 Å². The van der Waals surface area contributed by atoms with Crippen LogP contribution in [-0.4, -0.2) is 25.0 Å². The molecule has 1 aliphatic heterocycles. The third kappa shape index (κ3) is 4.31. The predicted molar refractivity (Wildman–Crippen MR) is 98.3 cm³/mol. The molecule has 0 unspecified atom stereocenters. The summed E-state index contributed by atoms with van der Waals surface area (Å²) in [6.07, 6.45) is 1.44. The summed E-state index contributed by atoms with van der Waals surface area (Å²) in [5.41, 5.74) is 2.37. The standard InChI is InChI=1S/C19H19ClN2O3/c1-13-7-8-17(16(20)10-13)21-18(23)12-25-15-5-2-4-14(11-15)22-9-3-6-19(22)24/h2,4-5,7-8,10-11H,3,6,9,12H2,1H3,(H,21,23). The smallest absolute Gasteiger partial charge is 0.262 e. The summed E-state index contributed by atoms with van der Waals surface area (Å²) in [6, 6.07) is 12.6. The van der Waals surface area contributed by atoms with Gasteiger partial charge >= 0.3 is 0 Å². The number of ether oxygens (including phenoxy) is 1. The highest BCUT2D eigenvalue weighted by Gasteiger charge is 2.21. The second kappa shape index (κ2) is 7.57. The molecule has 0 aromatic heterocycles. The third-order valence-corrected chi connectivity index (χ3v) is 4.28. The van der Waals surface area contributed by atoms with E-state index in [4.69, 9.17) is 16.3 Å². The zero-order valence-electron chi connectivity index (χ0n) is 13.9. The molecule has 0 aliphatic carbocycles. The van der Waals surface area contributed by atoms with Crippen LogP contribution in [0, 0.1) is 6.92 Å². The number of halogens is 1. The van der Waals surface area contributed by atoms with Gasteiger partial charge in [0.1, 0.15) is 5.75 Å². The average Bonchev–Trinajstić information content (AvgIpc) is 3.02. The minimum atomic E-state index is -0.298. The zero-order chi connectivity index (χ0) is 17.8. The van der Waals surface area contributed by atoms with Crippen molar-refractivity contribution in [3.8, 4) is 5.75 Å². The van der Waals surface area contributed by atoms with Gasteiger partial charge in [0.15, 0.2) is 6.61 Å². The molecule has 5 nitrogen and oxygen atoms in total. The van der Waals surface area contributed by atoms with Gasteiger partial charge in [-0.1, -0.05) is 23.7 Å². The lowest BCUT2D eigenvalue weighted by Gasteiger charge is -2.16. The SMILES string of the molecule is Cc1ccc(NC(=O)COc2cccc(N3CCCC3=O)c2)c(Cl)c1. The van der Waals surface area contributed by atoms with Crippen molar-refractivity contribution in [1.29, 1.82) is 0 Å². The largest absolute Gasteiger partial charge is 0.484 e. The fraction of sp³-hybridized carbons (Fsp3) is 0.263. The number of amides is 2. The van der Waals surface area contributed by atoms with E-state index in [9.17, 15) is 9.59 Å². The van der Waals surface area contributed by atoms with Crippen molar-refractivity contribution in [3.05, 3.63) is 53.1 Å². The first kappa shape index (κ1) is 17.3. The van der Waals surface area contributed by atoms with Crippen LogP contribution in [0.5, 0.6) is 5.75 Å². The number of carbonyl (C=O) groups is 2. The lowest BCUT2D eigenvalue weighted by atomic mass is 10.2. The normalized spacial score (nSPS) is 13.8. The zero-order valence-corrected chi connectivity index (χ0v) is 14.7. The molecule has 130 valence electrons. The summed E-state index contributed by atoms with van der Waals surface area (Å²) < 4.78 is 5.55. The minimum Gasteiger partial charge on any atom is -0.484 e. The average molecular weight is 359 g/mol. The Labute approximate surface area is 151 Å². The molecule has 2 amide bonds. The number of nitrogens with zero attached hydrogens (tertiary/aromatic N) is 1. The molecule has 0 bridgehead atoms. The van der Waals surface area contributed by atoms with E-state index in [0.717, 1.165) is 17.7 Å². The van der Waals surface area contributed by atoms with Crippen molar-refractivity contribution in [2.24, 2.45) is 0 Å². The van der Waals surface area contributed by atoms with Crippen molar-refractivity contribution in [2.75, 3.05) is 23.4 Å². The van der Waals surface area contributed by atoms with Gasteiger partial charge in [-0.05, 0) is 43.2 Å². The molecule has 0 saturated carbocycles. The van der Waals surface area contributed by atoms with E-state index in [-0.39, 0.29) is 18.4 Å². The Balaban J connectivity index is 1.59. The third-order valence-electron chi connectivity index (χ3n) is 3.97. The second-order valence-electron chi connectivity index (χ2n) is 5.97. The molecule has 2 aromatic carbocycles. The van der Waals surface area contributed by atoms with Crippen LogP contribution in [0.15, 0.2) is 42.5 Å². The molecular formula is C19H19ClN2O3. The number of aryl methyl sites for hydroxylation is 1. The summed E-state index contributed by atoms with van der Waals surface area (Å²) in [6.45, 7) is 2.51. The van der Waals surface area contributed by atoms with E-state index in [1.807, 2.05) is 25.1 Å². The lowest BCUT2D eigenvalue weighted by molar-refractivity contribution is -0.118. The number of benzene rings is 2. The number of hydrogen-bond donors (Lipinski definition) is 1. The molecule has 0 atom stereocenters. The molecule has 1 fully saturated rings. The van der Waals surface area contributed by atoms with Crippen LogP contribution in [0.1, 0.15) is 18.4 Å². The van der Waals surface area contributed by atoms with E-state index < -0.39 is 0 Å². The Morgan fingerprint density at radius 3 is 2.84 bits per heavy atom. The Morgan fingerprint density at radius 2 is 2.12 bits per heavy atom. The summed E-state index contributed by atoms with van der Waals surface area (Å²) >= 11 is 6.10. The molecule has 2 aromatic rings. The molecule has 25 heavy (non-hydrogen) atoms. The van der Waals surface area contributed by atoms with Gasteiger partial charge in [-0.25, -0.2) is 0 Å². The molecule has 0 radical (unpaired) electrons. The second-order valence-corrected chi connectivity index (χ2v) is 6.37. The Morgan fingerprint density at radius 1 is 1.28 bits per heavy atom. The van der Waals surface area contributed by atoms with E-state index in [1.54, 1.807) is 29.2 Å². The topological polar surface area (TPSA) is 58.6 Å². The van der Waals surface area contributed by atoms with Crippen LogP contribution in [0.25, 0.3) is 0 Å². The number of nitrogens with one attached hydrogen (secondary N) is 1. The monoisotopic (exact) mass is 358 g/mol. The van der Waals surface area contributed by atoms with Crippen molar-refractivity contribution >= 4 is 34.8 Å². The van der Waals surface area contributed by atoms with Gasteiger partial charge in [0, 0.05) is 24.7 Å². The van der Waals surface area contributed by atoms with Crippen molar-refractivity contribution in [1.82, 2.24) is 0 Å². The molecule has 1 N–H and O–H groups in total. The Hall–Kier alpha value is -2.53. The van der Waals surface area contributed by atoms with Gasteiger partial charge < -0.3 is 15.0 Å². The minimum absolute atomic E-state index is 0.115. The summed E-state index contributed by atoms with van der Waals surface area (Å²) in [4.78, 5) is 25.6. The molecule has 1 aliphatic rings. The number of carbonyl (C=O) groups excluding carboxylic acids is 2. The van der Waals surface area contributed by atoms with Crippen LogP contribution in [-0.2, 0) is 9.59 Å². The highest BCUT2D eigenvalue weighted by atomic mass is 35.5. The highest BCUT2D eigenvalue weighted by Crippen LogP contribution is 2.26. The van der Waals surface area contributed by atoms with Crippen molar-refractivity contribution in [3.63, 3.8) is 0 Å². The maximum absolute atomic E-state index is 12.1. The predicted octanol–water partition coefficient (Wildman–Crippen LogP) is 3.79. The number of anilines is 2. The molecule has 0 spiro atoms. The molecule has 3 rings (SSSR count).